The Hall–Kier alpha value is -1.59. The quantitative estimate of drug-likeness (QED) is 0.480. The number of hydrogen-bond donors (Lipinski definition) is 1. The van der Waals surface area contributed by atoms with E-state index in [1.54, 1.807) is 6.92 Å². The topological polar surface area (TPSA) is 83.9 Å². The maximum Gasteiger partial charge on any atom is 0.323 e. The molecule has 0 aromatic heterocycles. The number of esters is 1. The minimum atomic E-state index is -1.12. The summed E-state index contributed by atoms with van der Waals surface area (Å²) in [5.41, 5.74) is 0. The molecule has 0 aliphatic rings. The monoisotopic (exact) mass is 203 g/mol. The lowest BCUT2D eigenvalue weighted by Crippen LogP contribution is -2.33. The first-order valence-corrected chi connectivity index (χ1v) is 4.08. The van der Waals surface area contributed by atoms with Crippen LogP contribution in [0.1, 0.15) is 13.3 Å². The van der Waals surface area contributed by atoms with Gasteiger partial charge in [-0.1, -0.05) is 0 Å². The number of carbonyl (C=O) groups excluding carboxylic acids is 2. The molecule has 0 atom stereocenters. The molecule has 0 rings (SSSR count). The van der Waals surface area contributed by atoms with Crippen LogP contribution in [0.15, 0.2) is 0 Å². The third kappa shape index (κ3) is 5.13. The number of hydrogen-bond acceptors (Lipinski definition) is 4. The number of rotatable bonds is 5. The summed E-state index contributed by atoms with van der Waals surface area (Å²) >= 11 is 0. The summed E-state index contributed by atoms with van der Waals surface area (Å²) in [5, 5.41) is 8.36. The van der Waals surface area contributed by atoms with Crippen molar-refractivity contribution in [1.29, 1.82) is 0 Å². The van der Waals surface area contributed by atoms with Crippen molar-refractivity contribution in [3.63, 3.8) is 0 Å². The summed E-state index contributed by atoms with van der Waals surface area (Å²) in [4.78, 5) is 33.1. The summed E-state index contributed by atoms with van der Waals surface area (Å²) in [5.74, 6) is -2.33. The summed E-state index contributed by atoms with van der Waals surface area (Å²) in [6.07, 6.45) is -0.419. The third-order valence-corrected chi connectivity index (χ3v) is 1.40. The molecule has 0 saturated carbocycles. The van der Waals surface area contributed by atoms with Crippen molar-refractivity contribution >= 4 is 17.8 Å². The van der Waals surface area contributed by atoms with Gasteiger partial charge in [-0.15, -0.1) is 0 Å². The molecule has 0 unspecified atom stereocenters. The molecule has 0 aliphatic heterocycles. The second-order valence-corrected chi connectivity index (χ2v) is 2.63. The van der Waals surface area contributed by atoms with Crippen LogP contribution in [0, 0.1) is 0 Å². The van der Waals surface area contributed by atoms with Crippen molar-refractivity contribution < 1.29 is 24.2 Å². The molecule has 0 aliphatic carbocycles. The molecule has 0 fully saturated rings. The number of amides is 1. The van der Waals surface area contributed by atoms with Gasteiger partial charge in [-0.05, 0) is 6.92 Å². The predicted molar refractivity (Wildman–Crippen MR) is 46.5 cm³/mol. The average molecular weight is 203 g/mol. The molecular formula is C8H13NO5. The van der Waals surface area contributed by atoms with Crippen LogP contribution in [0.2, 0.25) is 0 Å². The fraction of sp³-hybridized carbons (Fsp3) is 0.625. The highest BCUT2D eigenvalue weighted by atomic mass is 16.5. The summed E-state index contributed by atoms with van der Waals surface area (Å²) in [6.45, 7) is 1.41. The number of nitrogens with zero attached hydrogens (tertiary/aromatic N) is 1. The van der Waals surface area contributed by atoms with Gasteiger partial charge in [-0.3, -0.25) is 14.4 Å². The molecule has 0 saturated heterocycles. The van der Waals surface area contributed by atoms with Gasteiger partial charge in [0.25, 0.3) is 0 Å². The predicted octanol–water partition coefficient (Wildman–Crippen LogP) is -0.517. The zero-order chi connectivity index (χ0) is 11.1. The van der Waals surface area contributed by atoms with E-state index >= 15 is 0 Å². The number of carbonyl (C=O) groups is 3. The lowest BCUT2D eigenvalue weighted by atomic mass is 10.3. The van der Waals surface area contributed by atoms with Gasteiger partial charge < -0.3 is 14.7 Å². The minimum Gasteiger partial charge on any atom is -0.480 e. The van der Waals surface area contributed by atoms with Crippen molar-refractivity contribution in [3.05, 3.63) is 0 Å². The van der Waals surface area contributed by atoms with Gasteiger partial charge in [0.05, 0.1) is 6.61 Å². The molecule has 0 spiro atoms. The molecule has 0 bridgehead atoms. The van der Waals surface area contributed by atoms with E-state index in [1.165, 1.54) is 7.05 Å². The Kier molecular flexibility index (Phi) is 5.28. The molecule has 0 radical (unpaired) electrons. The molecule has 80 valence electrons. The summed E-state index contributed by atoms with van der Waals surface area (Å²) in [7, 11) is 1.32. The van der Waals surface area contributed by atoms with Crippen molar-refractivity contribution in [2.24, 2.45) is 0 Å². The first-order chi connectivity index (χ1) is 6.47. The van der Waals surface area contributed by atoms with Crippen molar-refractivity contribution in [3.8, 4) is 0 Å². The van der Waals surface area contributed by atoms with Gasteiger partial charge in [0.2, 0.25) is 5.91 Å². The van der Waals surface area contributed by atoms with Crippen LogP contribution in [0.25, 0.3) is 0 Å². The van der Waals surface area contributed by atoms with Gasteiger partial charge >= 0.3 is 11.9 Å². The highest BCUT2D eigenvalue weighted by molar-refractivity contribution is 5.95. The average Bonchev–Trinajstić information content (AvgIpc) is 2.02. The number of ether oxygens (including phenoxy) is 1. The molecule has 14 heavy (non-hydrogen) atoms. The smallest absolute Gasteiger partial charge is 0.323 e. The SMILES string of the molecule is CCOC(=O)CC(=O)N(C)CC(=O)O. The van der Waals surface area contributed by atoms with E-state index in [9.17, 15) is 14.4 Å². The zero-order valence-electron chi connectivity index (χ0n) is 8.15. The molecule has 0 aromatic carbocycles. The van der Waals surface area contributed by atoms with E-state index in [1.807, 2.05) is 0 Å². The van der Waals surface area contributed by atoms with E-state index in [2.05, 4.69) is 4.74 Å². The number of likely N-dealkylation sites (N-methyl/N-ethyl adjacent to an activating group) is 1. The Balaban J connectivity index is 3.95. The molecular weight excluding hydrogens is 190 g/mol. The van der Waals surface area contributed by atoms with Crippen LogP contribution < -0.4 is 0 Å². The highest BCUT2D eigenvalue weighted by Crippen LogP contribution is 1.93. The Bertz CT molecular complexity index is 238. The second kappa shape index (κ2) is 5.95. The Morgan fingerprint density at radius 2 is 1.93 bits per heavy atom. The van der Waals surface area contributed by atoms with Crippen LogP contribution in [0.5, 0.6) is 0 Å². The van der Waals surface area contributed by atoms with Gasteiger partial charge in [0.1, 0.15) is 13.0 Å². The van der Waals surface area contributed by atoms with E-state index in [4.69, 9.17) is 5.11 Å². The zero-order valence-corrected chi connectivity index (χ0v) is 8.15. The van der Waals surface area contributed by atoms with E-state index < -0.39 is 30.8 Å². The van der Waals surface area contributed by atoms with Crippen LogP contribution in [-0.2, 0) is 19.1 Å². The largest absolute Gasteiger partial charge is 0.480 e. The number of carboxylic acid groups (broad SMARTS) is 1. The van der Waals surface area contributed by atoms with Gasteiger partial charge in [-0.25, -0.2) is 0 Å². The van der Waals surface area contributed by atoms with Gasteiger partial charge in [-0.2, -0.15) is 0 Å². The molecule has 6 heteroatoms. The molecule has 0 aromatic rings. The van der Waals surface area contributed by atoms with E-state index in [0.29, 0.717) is 0 Å². The van der Waals surface area contributed by atoms with Gasteiger partial charge in [0, 0.05) is 7.05 Å². The van der Waals surface area contributed by atoms with Gasteiger partial charge in [0.15, 0.2) is 0 Å². The van der Waals surface area contributed by atoms with Crippen molar-refractivity contribution in [2.45, 2.75) is 13.3 Å². The fourth-order valence-corrected chi connectivity index (χ4v) is 0.762. The Morgan fingerprint density at radius 3 is 2.36 bits per heavy atom. The Morgan fingerprint density at radius 1 is 1.36 bits per heavy atom. The molecule has 0 heterocycles. The number of aliphatic carboxylic acids is 1. The number of carboxylic acids is 1. The normalized spacial score (nSPS) is 9.29. The van der Waals surface area contributed by atoms with Crippen molar-refractivity contribution in [1.82, 2.24) is 4.90 Å². The maximum atomic E-state index is 11.1. The second-order valence-electron chi connectivity index (χ2n) is 2.63. The fourth-order valence-electron chi connectivity index (χ4n) is 0.762. The lowest BCUT2D eigenvalue weighted by molar-refractivity contribution is -0.151. The lowest BCUT2D eigenvalue weighted by Gasteiger charge is -2.13. The Labute approximate surface area is 81.4 Å². The summed E-state index contributed by atoms with van der Waals surface area (Å²) < 4.78 is 4.53. The first-order valence-electron chi connectivity index (χ1n) is 4.08. The van der Waals surface area contributed by atoms with Crippen LogP contribution in [0.4, 0.5) is 0 Å². The van der Waals surface area contributed by atoms with Crippen LogP contribution in [-0.4, -0.2) is 48.1 Å². The highest BCUT2D eigenvalue weighted by Gasteiger charge is 2.16. The third-order valence-electron chi connectivity index (χ3n) is 1.40. The maximum absolute atomic E-state index is 11.1. The summed E-state index contributed by atoms with van der Waals surface area (Å²) in [6, 6.07) is 0. The van der Waals surface area contributed by atoms with Crippen molar-refractivity contribution in [2.75, 3.05) is 20.2 Å². The molecule has 1 amide bonds. The molecule has 1 N–H and O–H groups in total. The van der Waals surface area contributed by atoms with Crippen LogP contribution in [0.3, 0.4) is 0 Å². The van der Waals surface area contributed by atoms with Crippen LogP contribution >= 0.6 is 0 Å². The minimum absolute atomic E-state index is 0.203. The first kappa shape index (κ1) is 12.4. The standard InChI is InChI=1S/C8H13NO5/c1-3-14-8(13)4-6(10)9(2)5-7(11)12/h3-5H2,1-2H3,(H,11,12). The van der Waals surface area contributed by atoms with E-state index in [0.717, 1.165) is 4.90 Å². The van der Waals surface area contributed by atoms with E-state index in [-0.39, 0.29) is 6.61 Å². The molecule has 6 nitrogen and oxygen atoms in total.